The van der Waals surface area contributed by atoms with Gasteiger partial charge in [0.25, 0.3) is 0 Å². The first-order chi connectivity index (χ1) is 15.0. The van der Waals surface area contributed by atoms with E-state index >= 15 is 0 Å². The van der Waals surface area contributed by atoms with Gasteiger partial charge in [-0.1, -0.05) is 48.9 Å². The molecule has 0 saturated carbocycles. The molecule has 0 bridgehead atoms. The minimum Gasteiger partial charge on any atom is -0.383 e. The standard InChI is InChI=1S/C27H35N3O/c1-6-11-30-24(15-26(28-30)27-20(3)12-19(2)13-21(27)4)17-29-16-23-10-8-7-9-22(23)14-25(29)18-31-5/h7-10,12-13,15,25H,6,11,14,16-18H2,1-5H3. The lowest BCUT2D eigenvalue weighted by Crippen LogP contribution is -2.43. The molecule has 2 aromatic carbocycles. The van der Waals surface area contributed by atoms with Crippen LogP contribution >= 0.6 is 0 Å². The van der Waals surface area contributed by atoms with Crippen molar-refractivity contribution in [2.75, 3.05) is 13.7 Å². The van der Waals surface area contributed by atoms with Crippen molar-refractivity contribution in [1.82, 2.24) is 14.7 Å². The van der Waals surface area contributed by atoms with Crippen molar-refractivity contribution in [2.45, 2.75) is 66.2 Å². The Morgan fingerprint density at radius 1 is 1.03 bits per heavy atom. The normalized spacial score (nSPS) is 16.5. The molecule has 0 saturated heterocycles. The molecule has 1 aliphatic rings. The zero-order valence-corrected chi connectivity index (χ0v) is 19.6. The van der Waals surface area contributed by atoms with Crippen LogP contribution in [0, 0.1) is 20.8 Å². The van der Waals surface area contributed by atoms with Gasteiger partial charge in [-0.15, -0.1) is 0 Å². The number of benzene rings is 2. The van der Waals surface area contributed by atoms with Gasteiger partial charge in [-0.2, -0.15) is 5.10 Å². The first-order valence-corrected chi connectivity index (χ1v) is 11.4. The molecule has 0 radical (unpaired) electrons. The summed E-state index contributed by atoms with van der Waals surface area (Å²) in [5.74, 6) is 0. The Kier molecular flexibility index (Phi) is 6.59. The number of hydrogen-bond donors (Lipinski definition) is 0. The third-order valence-corrected chi connectivity index (χ3v) is 6.42. The summed E-state index contributed by atoms with van der Waals surface area (Å²) in [4.78, 5) is 2.56. The van der Waals surface area contributed by atoms with E-state index in [0.717, 1.165) is 44.8 Å². The summed E-state index contributed by atoms with van der Waals surface area (Å²) in [7, 11) is 1.81. The van der Waals surface area contributed by atoms with Crippen LogP contribution in [0.15, 0.2) is 42.5 Å². The molecule has 31 heavy (non-hydrogen) atoms. The highest BCUT2D eigenvalue weighted by Crippen LogP contribution is 2.30. The highest BCUT2D eigenvalue weighted by molar-refractivity contribution is 5.68. The van der Waals surface area contributed by atoms with Crippen LogP contribution in [-0.4, -0.2) is 34.4 Å². The average molecular weight is 418 g/mol. The molecule has 1 unspecified atom stereocenters. The largest absolute Gasteiger partial charge is 0.383 e. The topological polar surface area (TPSA) is 30.3 Å². The fourth-order valence-corrected chi connectivity index (χ4v) is 5.09. The Balaban J connectivity index is 1.68. The lowest BCUT2D eigenvalue weighted by Gasteiger charge is -2.36. The molecule has 0 N–H and O–H groups in total. The van der Waals surface area contributed by atoms with E-state index in [0.29, 0.717) is 6.04 Å². The molecule has 0 aliphatic carbocycles. The summed E-state index contributed by atoms with van der Waals surface area (Å²) in [6, 6.07) is 16.0. The Morgan fingerprint density at radius 2 is 1.74 bits per heavy atom. The van der Waals surface area contributed by atoms with Crippen LogP contribution in [0.1, 0.15) is 46.9 Å². The Hall–Kier alpha value is -2.43. The van der Waals surface area contributed by atoms with Crippen molar-refractivity contribution in [2.24, 2.45) is 0 Å². The molecule has 1 atom stereocenters. The first-order valence-electron chi connectivity index (χ1n) is 11.4. The molecule has 2 heterocycles. The van der Waals surface area contributed by atoms with Crippen molar-refractivity contribution >= 4 is 0 Å². The maximum Gasteiger partial charge on any atom is 0.0931 e. The molecule has 0 amide bonds. The lowest BCUT2D eigenvalue weighted by molar-refractivity contribution is 0.0703. The zero-order valence-electron chi connectivity index (χ0n) is 19.6. The summed E-state index contributed by atoms with van der Waals surface area (Å²) >= 11 is 0. The molecule has 4 heteroatoms. The quantitative estimate of drug-likeness (QED) is 0.511. The maximum absolute atomic E-state index is 5.60. The third-order valence-electron chi connectivity index (χ3n) is 6.42. The summed E-state index contributed by atoms with van der Waals surface area (Å²) in [5, 5.41) is 5.06. The van der Waals surface area contributed by atoms with Gasteiger partial charge in [0.1, 0.15) is 0 Å². The number of nitrogens with zero attached hydrogens (tertiary/aromatic N) is 3. The van der Waals surface area contributed by atoms with Crippen LogP contribution < -0.4 is 0 Å². The predicted molar refractivity (Wildman–Crippen MR) is 127 cm³/mol. The SMILES string of the molecule is CCCn1nc(-c2c(C)cc(C)cc2C)cc1CN1Cc2ccccc2CC1COC. The average Bonchev–Trinajstić information content (AvgIpc) is 3.10. The van der Waals surface area contributed by atoms with Gasteiger partial charge in [0, 0.05) is 38.3 Å². The van der Waals surface area contributed by atoms with Gasteiger partial charge >= 0.3 is 0 Å². The van der Waals surface area contributed by atoms with Crippen LogP contribution in [-0.2, 0) is 30.8 Å². The van der Waals surface area contributed by atoms with Gasteiger partial charge in [-0.25, -0.2) is 0 Å². The fourth-order valence-electron chi connectivity index (χ4n) is 5.09. The first kappa shape index (κ1) is 21.8. The molecule has 0 spiro atoms. The monoisotopic (exact) mass is 417 g/mol. The van der Waals surface area contributed by atoms with E-state index < -0.39 is 0 Å². The summed E-state index contributed by atoms with van der Waals surface area (Å²) in [6.07, 6.45) is 2.11. The lowest BCUT2D eigenvalue weighted by atomic mass is 9.94. The van der Waals surface area contributed by atoms with Gasteiger partial charge in [-0.3, -0.25) is 9.58 Å². The predicted octanol–water partition coefficient (Wildman–Crippen LogP) is 5.46. The van der Waals surface area contributed by atoms with Crippen LogP contribution in [0.25, 0.3) is 11.3 Å². The van der Waals surface area contributed by atoms with E-state index in [1.54, 1.807) is 7.11 Å². The second kappa shape index (κ2) is 9.37. The minimum absolute atomic E-state index is 0.385. The number of ether oxygens (including phenoxy) is 1. The second-order valence-electron chi connectivity index (χ2n) is 9.00. The molecule has 164 valence electrons. The van der Waals surface area contributed by atoms with Crippen molar-refractivity contribution in [3.05, 3.63) is 76.0 Å². The van der Waals surface area contributed by atoms with E-state index in [4.69, 9.17) is 9.84 Å². The van der Waals surface area contributed by atoms with E-state index in [9.17, 15) is 0 Å². The van der Waals surface area contributed by atoms with Gasteiger partial charge in [0.15, 0.2) is 0 Å². The third kappa shape index (κ3) is 4.60. The minimum atomic E-state index is 0.385. The van der Waals surface area contributed by atoms with Gasteiger partial charge in [0.05, 0.1) is 18.0 Å². The Labute approximate surface area is 186 Å². The molecule has 4 rings (SSSR count). The number of aryl methyl sites for hydroxylation is 4. The number of aromatic nitrogens is 2. The van der Waals surface area contributed by atoms with Crippen LogP contribution in [0.2, 0.25) is 0 Å². The van der Waals surface area contributed by atoms with Crippen LogP contribution in [0.4, 0.5) is 0 Å². The van der Waals surface area contributed by atoms with Crippen LogP contribution in [0.5, 0.6) is 0 Å². The molecular formula is C27H35N3O. The van der Waals surface area contributed by atoms with E-state index in [2.05, 4.69) is 79.7 Å². The fraction of sp³-hybridized carbons (Fsp3) is 0.444. The summed E-state index contributed by atoms with van der Waals surface area (Å²) in [6.45, 7) is 12.3. The molecule has 3 aromatic rings. The van der Waals surface area contributed by atoms with Gasteiger partial charge in [-0.05, 0) is 61.9 Å². The molecule has 4 nitrogen and oxygen atoms in total. The molecule has 1 aliphatic heterocycles. The van der Waals surface area contributed by atoms with Crippen molar-refractivity contribution < 1.29 is 4.74 Å². The highest BCUT2D eigenvalue weighted by Gasteiger charge is 2.27. The van der Waals surface area contributed by atoms with Crippen molar-refractivity contribution in [3.63, 3.8) is 0 Å². The Bertz CT molecular complexity index is 1030. The summed E-state index contributed by atoms with van der Waals surface area (Å²) in [5.41, 5.74) is 10.5. The van der Waals surface area contributed by atoms with Crippen LogP contribution in [0.3, 0.4) is 0 Å². The maximum atomic E-state index is 5.60. The number of hydrogen-bond acceptors (Lipinski definition) is 3. The summed E-state index contributed by atoms with van der Waals surface area (Å²) < 4.78 is 7.82. The molecule has 0 fully saturated rings. The van der Waals surface area contributed by atoms with E-state index in [1.807, 2.05) is 0 Å². The van der Waals surface area contributed by atoms with Crippen molar-refractivity contribution in [3.8, 4) is 11.3 Å². The second-order valence-corrected chi connectivity index (χ2v) is 9.00. The van der Waals surface area contributed by atoms with E-state index in [1.165, 1.54) is 39.1 Å². The smallest absolute Gasteiger partial charge is 0.0931 e. The highest BCUT2D eigenvalue weighted by atomic mass is 16.5. The molecular weight excluding hydrogens is 382 g/mol. The number of rotatable bonds is 7. The Morgan fingerprint density at radius 3 is 2.42 bits per heavy atom. The molecule has 1 aromatic heterocycles. The zero-order chi connectivity index (χ0) is 22.0. The van der Waals surface area contributed by atoms with Gasteiger partial charge < -0.3 is 4.74 Å². The number of methoxy groups -OCH3 is 1. The number of fused-ring (bicyclic) bond motifs is 1. The van der Waals surface area contributed by atoms with Gasteiger partial charge in [0.2, 0.25) is 0 Å². The van der Waals surface area contributed by atoms with Crippen molar-refractivity contribution in [1.29, 1.82) is 0 Å². The van der Waals surface area contributed by atoms with E-state index in [-0.39, 0.29) is 0 Å².